The molecule has 1 aromatic rings. The molecular weight excluding hydrogens is 670 g/mol. The smallest absolute Gasteiger partial charge is 0.399 e. The predicted octanol–water partition coefficient (Wildman–Crippen LogP) is 5.01. The van der Waals surface area contributed by atoms with Crippen molar-refractivity contribution in [1.29, 1.82) is 0 Å². The first-order valence-corrected chi connectivity index (χ1v) is 9.86. The van der Waals surface area contributed by atoms with Crippen molar-refractivity contribution in [3.63, 3.8) is 0 Å². The van der Waals surface area contributed by atoms with Gasteiger partial charge in [-0.1, -0.05) is 6.92 Å². The summed E-state index contributed by atoms with van der Waals surface area (Å²) in [5, 5.41) is 9.20. The number of carboxylic acids is 1. The monoisotopic (exact) mass is 682 g/mol. The van der Waals surface area contributed by atoms with Gasteiger partial charge in [-0.2, -0.15) is 13.2 Å². The van der Waals surface area contributed by atoms with Gasteiger partial charge in [0, 0.05) is 3.57 Å². The van der Waals surface area contributed by atoms with Gasteiger partial charge in [-0.15, -0.1) is 0 Å². The number of ether oxygens (including phenoxy) is 1. The summed E-state index contributed by atoms with van der Waals surface area (Å²) >= 11 is 5.78. The summed E-state index contributed by atoms with van der Waals surface area (Å²) in [6.45, 7) is 1.75. The van der Waals surface area contributed by atoms with Gasteiger partial charge in [0.1, 0.15) is 6.42 Å². The Bertz CT molecular complexity index is 647. The van der Waals surface area contributed by atoms with Gasteiger partial charge >= 0.3 is 18.1 Å². The van der Waals surface area contributed by atoms with Crippen molar-refractivity contribution >= 4 is 79.7 Å². The highest BCUT2D eigenvalue weighted by Crippen LogP contribution is 2.36. The zero-order valence-electron chi connectivity index (χ0n) is 12.2. The van der Waals surface area contributed by atoms with E-state index in [0.717, 1.165) is 3.57 Å². The minimum Gasteiger partial charge on any atom is -0.481 e. The van der Waals surface area contributed by atoms with Gasteiger partial charge in [0.15, 0.2) is 5.75 Å². The highest BCUT2D eigenvalue weighted by Gasteiger charge is 2.33. The third kappa shape index (κ3) is 6.46. The molecule has 1 atom stereocenters. The quantitative estimate of drug-likeness (QED) is 0.261. The Morgan fingerprint density at radius 3 is 2.29 bits per heavy atom. The van der Waals surface area contributed by atoms with Crippen LogP contribution in [0.5, 0.6) is 5.75 Å². The standard InChI is InChI=1S/C14H12F3I3O4/c1-2-6(13(22)23)3-7-8(18)4-9(19)12(11(7)20)24-10(21)5-14(15,16)17/h4,6H,2-3,5H2,1H3,(H,22,23). The van der Waals surface area contributed by atoms with Crippen LogP contribution in [0.1, 0.15) is 25.3 Å². The molecule has 10 heteroatoms. The molecule has 0 spiro atoms. The molecule has 0 aliphatic rings. The average molecular weight is 682 g/mol. The lowest BCUT2D eigenvalue weighted by molar-refractivity contribution is -0.164. The van der Waals surface area contributed by atoms with Crippen molar-refractivity contribution in [2.45, 2.75) is 32.4 Å². The molecule has 1 aromatic carbocycles. The van der Waals surface area contributed by atoms with Crippen LogP contribution in [0.15, 0.2) is 6.07 Å². The molecule has 0 bridgehead atoms. The van der Waals surface area contributed by atoms with Crippen LogP contribution >= 0.6 is 67.8 Å². The van der Waals surface area contributed by atoms with Crippen molar-refractivity contribution in [3.8, 4) is 5.75 Å². The van der Waals surface area contributed by atoms with Crippen LogP contribution in [0, 0.1) is 16.6 Å². The molecule has 0 aliphatic heterocycles. The Morgan fingerprint density at radius 2 is 1.83 bits per heavy atom. The summed E-state index contributed by atoms with van der Waals surface area (Å²) in [6, 6.07) is 1.66. The maximum atomic E-state index is 12.3. The molecular formula is C14H12F3I3O4. The van der Waals surface area contributed by atoms with Gasteiger partial charge in [0.2, 0.25) is 0 Å². The van der Waals surface area contributed by atoms with E-state index in [1.54, 1.807) is 13.0 Å². The van der Waals surface area contributed by atoms with Crippen LogP contribution in [-0.2, 0) is 16.0 Å². The van der Waals surface area contributed by atoms with Crippen LogP contribution in [0.25, 0.3) is 0 Å². The van der Waals surface area contributed by atoms with Gasteiger partial charge in [-0.05, 0) is 92.2 Å². The SMILES string of the molecule is CCC(Cc1c(I)cc(I)c(OC(=O)CC(F)(F)F)c1I)C(=O)O. The summed E-state index contributed by atoms with van der Waals surface area (Å²) < 4.78 is 43.5. The second-order valence-corrected chi connectivity index (χ2v) is 8.28. The third-order valence-corrected chi connectivity index (χ3v) is 5.98. The van der Waals surface area contributed by atoms with Crippen LogP contribution in [0.4, 0.5) is 13.2 Å². The van der Waals surface area contributed by atoms with Crippen molar-refractivity contribution < 1.29 is 32.6 Å². The second kappa shape index (κ2) is 9.19. The zero-order chi connectivity index (χ0) is 18.7. The zero-order valence-corrected chi connectivity index (χ0v) is 18.7. The summed E-state index contributed by atoms with van der Waals surface area (Å²) in [4.78, 5) is 22.7. The highest BCUT2D eigenvalue weighted by molar-refractivity contribution is 14.1. The lowest BCUT2D eigenvalue weighted by Crippen LogP contribution is -2.21. The number of alkyl halides is 3. The predicted molar refractivity (Wildman–Crippen MR) is 106 cm³/mol. The summed E-state index contributed by atoms with van der Waals surface area (Å²) in [6.07, 6.45) is -5.69. The van der Waals surface area contributed by atoms with E-state index in [1.165, 1.54) is 0 Å². The van der Waals surface area contributed by atoms with E-state index in [1.807, 2.05) is 67.8 Å². The molecule has 4 nitrogen and oxygen atoms in total. The van der Waals surface area contributed by atoms with Crippen LogP contribution < -0.4 is 4.74 Å². The molecule has 1 rings (SSSR count). The number of benzene rings is 1. The summed E-state index contributed by atoms with van der Waals surface area (Å²) in [7, 11) is 0. The van der Waals surface area contributed by atoms with Crippen molar-refractivity contribution in [1.82, 2.24) is 0 Å². The summed E-state index contributed by atoms with van der Waals surface area (Å²) in [5.74, 6) is -2.92. The first-order chi connectivity index (χ1) is 11.0. The van der Waals surface area contributed by atoms with Crippen molar-refractivity contribution in [3.05, 3.63) is 22.3 Å². The fraction of sp³-hybridized carbons (Fsp3) is 0.429. The Labute approximate surface area is 177 Å². The summed E-state index contributed by atoms with van der Waals surface area (Å²) in [5.41, 5.74) is 0.653. The second-order valence-electron chi connectivity index (χ2n) is 4.88. The Morgan fingerprint density at radius 1 is 1.25 bits per heavy atom. The molecule has 0 fully saturated rings. The van der Waals surface area contributed by atoms with E-state index in [4.69, 9.17) is 4.74 Å². The van der Waals surface area contributed by atoms with Gasteiger partial charge in [-0.3, -0.25) is 9.59 Å². The van der Waals surface area contributed by atoms with E-state index in [9.17, 15) is 27.9 Å². The third-order valence-electron chi connectivity index (χ3n) is 3.08. The van der Waals surface area contributed by atoms with E-state index in [-0.39, 0.29) is 12.2 Å². The first kappa shape index (κ1) is 22.2. The molecule has 0 heterocycles. The van der Waals surface area contributed by atoms with Crippen molar-refractivity contribution in [2.24, 2.45) is 5.92 Å². The number of carboxylic acid groups (broad SMARTS) is 1. The van der Waals surface area contributed by atoms with E-state index < -0.39 is 30.5 Å². The van der Waals surface area contributed by atoms with Crippen LogP contribution in [0.2, 0.25) is 0 Å². The number of rotatable bonds is 6. The van der Waals surface area contributed by atoms with Crippen LogP contribution in [-0.4, -0.2) is 23.2 Å². The number of hydrogen-bond donors (Lipinski definition) is 1. The first-order valence-electron chi connectivity index (χ1n) is 6.62. The fourth-order valence-electron chi connectivity index (χ4n) is 1.86. The molecule has 0 aromatic heterocycles. The number of aliphatic carboxylic acids is 1. The van der Waals surface area contributed by atoms with E-state index in [2.05, 4.69) is 0 Å². The van der Waals surface area contributed by atoms with Crippen molar-refractivity contribution in [2.75, 3.05) is 0 Å². The van der Waals surface area contributed by atoms with E-state index in [0.29, 0.717) is 19.1 Å². The van der Waals surface area contributed by atoms with Gasteiger partial charge in [0.05, 0.1) is 13.1 Å². The molecule has 134 valence electrons. The molecule has 0 radical (unpaired) electrons. The maximum Gasteiger partial charge on any atom is 0.399 e. The van der Waals surface area contributed by atoms with E-state index >= 15 is 0 Å². The van der Waals surface area contributed by atoms with Crippen LogP contribution in [0.3, 0.4) is 0 Å². The Hall–Kier alpha value is 0.140. The minimum absolute atomic E-state index is 0.0427. The number of carbonyl (C=O) groups is 2. The fourth-order valence-corrected chi connectivity index (χ4v) is 5.89. The molecule has 0 saturated carbocycles. The Kier molecular flexibility index (Phi) is 8.49. The molecule has 0 saturated heterocycles. The lowest BCUT2D eigenvalue weighted by Gasteiger charge is -2.17. The van der Waals surface area contributed by atoms with Gasteiger partial charge < -0.3 is 9.84 Å². The van der Waals surface area contributed by atoms with Gasteiger partial charge in [0.25, 0.3) is 0 Å². The average Bonchev–Trinajstić information content (AvgIpc) is 2.41. The molecule has 1 unspecified atom stereocenters. The number of carbonyl (C=O) groups excluding carboxylic acids is 1. The van der Waals surface area contributed by atoms with Gasteiger partial charge in [-0.25, -0.2) is 0 Å². The molecule has 24 heavy (non-hydrogen) atoms. The topological polar surface area (TPSA) is 63.6 Å². The molecule has 1 N–H and O–H groups in total. The number of hydrogen-bond acceptors (Lipinski definition) is 3. The largest absolute Gasteiger partial charge is 0.481 e. The minimum atomic E-state index is -4.64. The maximum absolute atomic E-state index is 12.3. The Balaban J connectivity index is 3.17. The lowest BCUT2D eigenvalue weighted by atomic mass is 9.97. The number of halogens is 6. The molecule has 0 aliphatic carbocycles. The highest BCUT2D eigenvalue weighted by atomic mass is 127. The number of esters is 1. The molecule has 0 amide bonds. The normalized spacial score (nSPS) is 12.8.